The second-order valence-corrected chi connectivity index (χ2v) is 3.92. The van der Waals surface area contributed by atoms with Gasteiger partial charge in [-0.05, 0) is 30.4 Å². The monoisotopic (exact) mass is 184 g/mol. The molecule has 2 nitrogen and oxygen atoms in total. The first kappa shape index (κ1) is 9.71. The summed E-state index contributed by atoms with van der Waals surface area (Å²) in [6.07, 6.45) is 2.27. The van der Waals surface area contributed by atoms with Gasteiger partial charge in [0, 0.05) is 4.88 Å². The zero-order valence-electron chi connectivity index (χ0n) is 7.63. The molecule has 0 saturated carbocycles. The van der Waals surface area contributed by atoms with Crippen molar-refractivity contribution in [2.75, 3.05) is 0 Å². The summed E-state index contributed by atoms with van der Waals surface area (Å²) >= 11 is 1.78. The molecule has 0 bridgehead atoms. The van der Waals surface area contributed by atoms with Crippen LogP contribution in [0.15, 0.2) is 11.4 Å². The molecule has 3 heteroatoms. The van der Waals surface area contributed by atoms with Gasteiger partial charge in [0.15, 0.2) is 0 Å². The Hall–Kier alpha value is -0.380. The van der Waals surface area contributed by atoms with Crippen LogP contribution in [-0.4, -0.2) is 0 Å². The molecule has 0 saturated heterocycles. The van der Waals surface area contributed by atoms with Gasteiger partial charge in [-0.2, -0.15) is 0 Å². The largest absolute Gasteiger partial charge is 0.271 e. The van der Waals surface area contributed by atoms with E-state index in [-0.39, 0.29) is 0 Å². The molecule has 1 aromatic rings. The van der Waals surface area contributed by atoms with Gasteiger partial charge in [0.05, 0.1) is 6.04 Å². The van der Waals surface area contributed by atoms with Gasteiger partial charge in [-0.15, -0.1) is 11.3 Å². The Bertz CT molecular complexity index is 232. The predicted octanol–water partition coefficient (Wildman–Crippen LogP) is 2.36. The Kier molecular flexibility index (Phi) is 3.72. The summed E-state index contributed by atoms with van der Waals surface area (Å²) in [7, 11) is 0. The molecule has 0 fully saturated rings. The van der Waals surface area contributed by atoms with E-state index < -0.39 is 0 Å². The third-order valence-corrected chi connectivity index (χ3v) is 3.13. The highest BCUT2D eigenvalue weighted by atomic mass is 32.1. The molecule has 1 atom stereocenters. The van der Waals surface area contributed by atoms with Crippen molar-refractivity contribution >= 4 is 11.3 Å². The van der Waals surface area contributed by atoms with E-state index in [9.17, 15) is 0 Å². The summed E-state index contributed by atoms with van der Waals surface area (Å²) in [6.45, 7) is 4.30. The van der Waals surface area contributed by atoms with Crippen molar-refractivity contribution in [2.24, 2.45) is 5.84 Å². The number of hydrogen-bond donors (Lipinski definition) is 2. The minimum atomic E-state index is 0.343. The van der Waals surface area contributed by atoms with Crippen LogP contribution >= 0.6 is 11.3 Å². The standard InChI is InChI=1S/C9H16N2S/c1-3-4-8(11-10)9-7(2)5-6-12-9/h5-6,8,11H,3-4,10H2,1-2H3. The molecule has 0 spiro atoms. The first-order valence-corrected chi connectivity index (χ1v) is 5.17. The average Bonchev–Trinajstić information content (AvgIpc) is 2.47. The van der Waals surface area contributed by atoms with Crippen LogP contribution in [0.3, 0.4) is 0 Å². The number of nitrogens with two attached hydrogens (primary N) is 1. The van der Waals surface area contributed by atoms with Crippen molar-refractivity contribution in [1.29, 1.82) is 0 Å². The lowest BCUT2D eigenvalue weighted by atomic mass is 10.1. The summed E-state index contributed by atoms with van der Waals surface area (Å²) in [5.74, 6) is 5.48. The molecule has 0 aromatic carbocycles. The van der Waals surface area contributed by atoms with E-state index in [1.54, 1.807) is 11.3 Å². The van der Waals surface area contributed by atoms with E-state index in [4.69, 9.17) is 5.84 Å². The lowest BCUT2D eigenvalue weighted by molar-refractivity contribution is 0.516. The van der Waals surface area contributed by atoms with Crippen molar-refractivity contribution in [3.05, 3.63) is 21.9 Å². The third kappa shape index (κ3) is 2.06. The first-order valence-electron chi connectivity index (χ1n) is 4.29. The van der Waals surface area contributed by atoms with Crippen molar-refractivity contribution in [3.8, 4) is 0 Å². The molecule has 1 rings (SSSR count). The highest BCUT2D eigenvalue weighted by Gasteiger charge is 2.11. The topological polar surface area (TPSA) is 38.0 Å². The van der Waals surface area contributed by atoms with Crippen molar-refractivity contribution < 1.29 is 0 Å². The summed E-state index contributed by atoms with van der Waals surface area (Å²) in [4.78, 5) is 1.37. The van der Waals surface area contributed by atoms with Crippen LogP contribution < -0.4 is 11.3 Å². The SMILES string of the molecule is CCCC(NN)c1sccc1C. The fraction of sp³-hybridized carbons (Fsp3) is 0.556. The molecule has 1 aromatic heterocycles. The number of hydrazine groups is 1. The summed E-state index contributed by atoms with van der Waals surface area (Å²) < 4.78 is 0. The molecule has 12 heavy (non-hydrogen) atoms. The number of hydrogen-bond acceptors (Lipinski definition) is 3. The summed E-state index contributed by atoms with van der Waals surface area (Å²) in [5, 5.41) is 2.12. The lowest BCUT2D eigenvalue weighted by Gasteiger charge is -2.13. The maximum Gasteiger partial charge on any atom is 0.0555 e. The van der Waals surface area contributed by atoms with Crippen LogP contribution in [0.4, 0.5) is 0 Å². The average molecular weight is 184 g/mol. The predicted molar refractivity (Wildman–Crippen MR) is 54.0 cm³/mol. The van der Waals surface area contributed by atoms with Gasteiger partial charge in [0.25, 0.3) is 0 Å². The fourth-order valence-corrected chi connectivity index (χ4v) is 2.34. The van der Waals surface area contributed by atoms with Crippen LogP contribution in [0, 0.1) is 6.92 Å². The van der Waals surface area contributed by atoms with Crippen LogP contribution in [-0.2, 0) is 0 Å². The van der Waals surface area contributed by atoms with E-state index in [1.807, 2.05) is 0 Å². The molecule has 1 unspecified atom stereocenters. The van der Waals surface area contributed by atoms with Crippen molar-refractivity contribution in [3.63, 3.8) is 0 Å². The van der Waals surface area contributed by atoms with Crippen LogP contribution in [0.1, 0.15) is 36.2 Å². The Morgan fingerprint density at radius 3 is 2.83 bits per heavy atom. The Labute approximate surface area is 77.8 Å². The van der Waals surface area contributed by atoms with E-state index in [0.29, 0.717) is 6.04 Å². The van der Waals surface area contributed by atoms with Gasteiger partial charge in [-0.1, -0.05) is 13.3 Å². The Morgan fingerprint density at radius 1 is 1.67 bits per heavy atom. The van der Waals surface area contributed by atoms with Crippen molar-refractivity contribution in [2.45, 2.75) is 32.7 Å². The van der Waals surface area contributed by atoms with Gasteiger partial charge in [0.1, 0.15) is 0 Å². The molecular formula is C9H16N2S. The zero-order valence-corrected chi connectivity index (χ0v) is 8.45. The number of aryl methyl sites for hydroxylation is 1. The smallest absolute Gasteiger partial charge is 0.0555 e. The quantitative estimate of drug-likeness (QED) is 0.557. The van der Waals surface area contributed by atoms with Gasteiger partial charge < -0.3 is 0 Å². The second-order valence-electron chi connectivity index (χ2n) is 2.98. The van der Waals surface area contributed by atoms with Gasteiger partial charge in [0.2, 0.25) is 0 Å². The summed E-state index contributed by atoms with van der Waals surface area (Å²) in [6, 6.07) is 2.48. The molecule has 0 radical (unpaired) electrons. The molecule has 0 amide bonds. The lowest BCUT2D eigenvalue weighted by Crippen LogP contribution is -2.27. The Morgan fingerprint density at radius 2 is 2.42 bits per heavy atom. The first-order chi connectivity index (χ1) is 5.79. The van der Waals surface area contributed by atoms with Gasteiger partial charge in [-0.3, -0.25) is 11.3 Å². The molecule has 68 valence electrons. The number of rotatable bonds is 4. The van der Waals surface area contributed by atoms with Crippen LogP contribution in [0.5, 0.6) is 0 Å². The van der Waals surface area contributed by atoms with E-state index >= 15 is 0 Å². The molecule has 0 aliphatic rings. The van der Waals surface area contributed by atoms with Crippen molar-refractivity contribution in [1.82, 2.24) is 5.43 Å². The van der Waals surface area contributed by atoms with E-state index in [2.05, 4.69) is 30.7 Å². The molecule has 3 N–H and O–H groups in total. The minimum Gasteiger partial charge on any atom is -0.271 e. The highest BCUT2D eigenvalue weighted by Crippen LogP contribution is 2.26. The van der Waals surface area contributed by atoms with Gasteiger partial charge in [-0.25, -0.2) is 0 Å². The van der Waals surface area contributed by atoms with Crippen LogP contribution in [0.2, 0.25) is 0 Å². The van der Waals surface area contributed by atoms with Gasteiger partial charge >= 0.3 is 0 Å². The third-order valence-electron chi connectivity index (χ3n) is 2.00. The molecule has 0 aliphatic carbocycles. The maximum atomic E-state index is 5.48. The van der Waals surface area contributed by atoms with Crippen LogP contribution in [0.25, 0.3) is 0 Å². The number of thiophene rings is 1. The zero-order chi connectivity index (χ0) is 8.97. The highest BCUT2D eigenvalue weighted by molar-refractivity contribution is 7.10. The number of nitrogens with one attached hydrogen (secondary N) is 1. The fourth-order valence-electron chi connectivity index (χ4n) is 1.32. The minimum absolute atomic E-state index is 0.343. The molecule has 0 aliphatic heterocycles. The van der Waals surface area contributed by atoms with E-state index in [1.165, 1.54) is 10.4 Å². The molecular weight excluding hydrogens is 168 g/mol. The maximum absolute atomic E-state index is 5.48. The summed E-state index contributed by atoms with van der Waals surface area (Å²) in [5.41, 5.74) is 4.20. The second kappa shape index (κ2) is 4.60. The van der Waals surface area contributed by atoms with E-state index in [0.717, 1.165) is 12.8 Å². The molecule has 1 heterocycles. The Balaban J connectivity index is 2.72. The normalized spacial score (nSPS) is 13.2.